The van der Waals surface area contributed by atoms with Crippen LogP contribution in [0.25, 0.3) is 0 Å². The van der Waals surface area contributed by atoms with Gasteiger partial charge in [-0.2, -0.15) is 0 Å². The molecule has 3 nitrogen and oxygen atoms in total. The highest BCUT2D eigenvalue weighted by molar-refractivity contribution is 6.31. The summed E-state index contributed by atoms with van der Waals surface area (Å²) in [5.74, 6) is 0. The van der Waals surface area contributed by atoms with Gasteiger partial charge in [0.05, 0.1) is 0 Å². The second-order valence-electron chi connectivity index (χ2n) is 5.21. The number of piperazine rings is 1. The Hall–Kier alpha value is -0.770. The third-order valence-corrected chi connectivity index (χ3v) is 3.82. The molecule has 1 aliphatic heterocycles. The Balaban J connectivity index is 2.23. The first-order valence-electron chi connectivity index (χ1n) is 6.54. The van der Waals surface area contributed by atoms with E-state index in [4.69, 9.17) is 17.3 Å². The average Bonchev–Trinajstić information content (AvgIpc) is 2.32. The molecule has 1 heterocycles. The van der Waals surface area contributed by atoms with Crippen molar-refractivity contribution in [1.82, 2.24) is 4.90 Å². The number of hydrogen-bond acceptors (Lipinski definition) is 3. The largest absolute Gasteiger partial charge is 0.369 e. The van der Waals surface area contributed by atoms with Gasteiger partial charge >= 0.3 is 0 Å². The summed E-state index contributed by atoms with van der Waals surface area (Å²) >= 11 is 6.33. The van der Waals surface area contributed by atoms with Crippen molar-refractivity contribution in [1.29, 1.82) is 0 Å². The predicted octanol–water partition coefficient (Wildman–Crippen LogP) is 1.98. The van der Waals surface area contributed by atoms with Crippen molar-refractivity contribution >= 4 is 17.3 Å². The summed E-state index contributed by atoms with van der Waals surface area (Å²) < 4.78 is 0. The number of benzene rings is 1. The summed E-state index contributed by atoms with van der Waals surface area (Å²) in [5.41, 5.74) is 8.38. The van der Waals surface area contributed by atoms with E-state index in [1.54, 1.807) is 0 Å². The molecule has 1 aromatic rings. The fourth-order valence-electron chi connectivity index (χ4n) is 2.41. The highest BCUT2D eigenvalue weighted by Crippen LogP contribution is 2.29. The molecule has 1 saturated heterocycles. The Bertz CT molecular complexity index is 398. The molecule has 1 unspecified atom stereocenters. The molecule has 1 atom stereocenters. The molecule has 2 N–H and O–H groups in total. The van der Waals surface area contributed by atoms with E-state index in [1.807, 2.05) is 19.1 Å². The second kappa shape index (κ2) is 5.91. The van der Waals surface area contributed by atoms with Crippen LogP contribution in [0.3, 0.4) is 0 Å². The maximum absolute atomic E-state index is 6.33. The molecule has 4 heteroatoms. The van der Waals surface area contributed by atoms with Crippen LogP contribution in [0.5, 0.6) is 0 Å². The lowest BCUT2D eigenvalue weighted by molar-refractivity contribution is 0.312. The molecule has 0 amide bonds. The molecular weight excluding hydrogens is 246 g/mol. The van der Waals surface area contributed by atoms with Crippen LogP contribution in [0, 0.1) is 0 Å². The zero-order valence-corrected chi connectivity index (χ0v) is 12.0. The summed E-state index contributed by atoms with van der Waals surface area (Å²) in [5, 5.41) is 0.837. The van der Waals surface area contributed by atoms with Crippen LogP contribution in [0.15, 0.2) is 18.2 Å². The summed E-state index contributed by atoms with van der Waals surface area (Å²) in [6, 6.07) is 6.28. The zero-order valence-electron chi connectivity index (χ0n) is 11.2. The molecule has 0 bridgehead atoms. The Labute approximate surface area is 115 Å². The molecule has 0 saturated carbocycles. The fourth-order valence-corrected chi connectivity index (χ4v) is 2.66. The third-order valence-electron chi connectivity index (χ3n) is 3.46. The topological polar surface area (TPSA) is 32.5 Å². The Morgan fingerprint density at radius 1 is 1.28 bits per heavy atom. The first-order chi connectivity index (χ1) is 8.58. The molecule has 0 radical (unpaired) electrons. The van der Waals surface area contributed by atoms with Gasteiger partial charge in [-0.25, -0.2) is 0 Å². The van der Waals surface area contributed by atoms with Gasteiger partial charge in [0.1, 0.15) is 0 Å². The molecule has 100 valence electrons. The van der Waals surface area contributed by atoms with Crippen molar-refractivity contribution in [3.63, 3.8) is 0 Å². The van der Waals surface area contributed by atoms with Crippen molar-refractivity contribution in [2.45, 2.75) is 19.4 Å². The minimum Gasteiger partial charge on any atom is -0.369 e. The minimum atomic E-state index is 0.135. The van der Waals surface area contributed by atoms with Gasteiger partial charge in [0.2, 0.25) is 0 Å². The van der Waals surface area contributed by atoms with Crippen molar-refractivity contribution in [2.24, 2.45) is 5.73 Å². The number of halogens is 1. The molecule has 0 spiro atoms. The van der Waals surface area contributed by atoms with Crippen molar-refractivity contribution in [2.75, 3.05) is 38.1 Å². The number of rotatable bonds is 3. The molecule has 2 rings (SSSR count). The number of likely N-dealkylation sites (N-methyl/N-ethyl adjacent to an activating group) is 1. The molecule has 0 aromatic heterocycles. The third kappa shape index (κ3) is 3.16. The van der Waals surface area contributed by atoms with Gasteiger partial charge in [0.25, 0.3) is 0 Å². The van der Waals surface area contributed by atoms with Crippen molar-refractivity contribution < 1.29 is 0 Å². The van der Waals surface area contributed by atoms with Crippen LogP contribution in [0.2, 0.25) is 5.02 Å². The van der Waals surface area contributed by atoms with Crippen LogP contribution < -0.4 is 10.6 Å². The van der Waals surface area contributed by atoms with Crippen LogP contribution in [0.4, 0.5) is 5.69 Å². The number of nitrogens with zero attached hydrogens (tertiary/aromatic N) is 2. The standard InChI is InChI=1S/C14H22ClN3/c1-11(16)10-12-13(15)4-3-5-14(12)18-8-6-17(2)7-9-18/h3-5,11H,6-10,16H2,1-2H3. The number of hydrogen-bond donors (Lipinski definition) is 1. The van der Waals surface area contributed by atoms with Crippen molar-refractivity contribution in [3.8, 4) is 0 Å². The van der Waals surface area contributed by atoms with E-state index in [1.165, 1.54) is 11.3 Å². The lowest BCUT2D eigenvalue weighted by Gasteiger charge is -2.35. The highest BCUT2D eigenvalue weighted by Gasteiger charge is 2.18. The smallest absolute Gasteiger partial charge is 0.0459 e. The van der Waals surface area contributed by atoms with E-state index in [-0.39, 0.29) is 6.04 Å². The average molecular weight is 268 g/mol. The van der Waals surface area contributed by atoms with E-state index >= 15 is 0 Å². The first-order valence-corrected chi connectivity index (χ1v) is 6.92. The van der Waals surface area contributed by atoms with Crippen LogP contribution in [0.1, 0.15) is 12.5 Å². The molecular formula is C14H22ClN3. The normalized spacial score (nSPS) is 19.0. The minimum absolute atomic E-state index is 0.135. The van der Waals surface area contributed by atoms with Gasteiger partial charge in [-0.3, -0.25) is 0 Å². The predicted molar refractivity (Wildman–Crippen MR) is 78.5 cm³/mol. The van der Waals surface area contributed by atoms with Crippen LogP contribution >= 0.6 is 11.6 Å². The van der Waals surface area contributed by atoms with Crippen molar-refractivity contribution in [3.05, 3.63) is 28.8 Å². The van der Waals surface area contributed by atoms with E-state index in [9.17, 15) is 0 Å². The summed E-state index contributed by atoms with van der Waals surface area (Å²) in [4.78, 5) is 4.77. The molecule has 1 fully saturated rings. The van der Waals surface area contributed by atoms with Gasteiger partial charge < -0.3 is 15.5 Å². The second-order valence-corrected chi connectivity index (χ2v) is 5.62. The van der Waals surface area contributed by atoms with Gasteiger partial charge in [-0.05, 0) is 38.1 Å². The summed E-state index contributed by atoms with van der Waals surface area (Å²) in [6.45, 7) is 6.34. The molecule has 0 aliphatic carbocycles. The number of anilines is 1. The lowest BCUT2D eigenvalue weighted by atomic mass is 10.0. The molecule has 18 heavy (non-hydrogen) atoms. The zero-order chi connectivity index (χ0) is 13.1. The maximum atomic E-state index is 6.33. The van der Waals surface area contributed by atoms with Gasteiger partial charge in [-0.15, -0.1) is 0 Å². The fraction of sp³-hybridized carbons (Fsp3) is 0.571. The van der Waals surface area contributed by atoms with Crippen LogP contribution in [-0.4, -0.2) is 44.2 Å². The molecule has 1 aliphatic rings. The first kappa shape index (κ1) is 13.7. The maximum Gasteiger partial charge on any atom is 0.0459 e. The Morgan fingerprint density at radius 2 is 1.94 bits per heavy atom. The highest BCUT2D eigenvalue weighted by atomic mass is 35.5. The quantitative estimate of drug-likeness (QED) is 0.909. The molecule has 1 aromatic carbocycles. The lowest BCUT2D eigenvalue weighted by Crippen LogP contribution is -2.45. The van der Waals surface area contributed by atoms with Gasteiger partial charge in [-0.1, -0.05) is 17.7 Å². The summed E-state index contributed by atoms with van der Waals surface area (Å²) in [7, 11) is 2.16. The van der Waals surface area contributed by atoms with E-state index in [0.717, 1.165) is 37.6 Å². The van der Waals surface area contributed by atoms with E-state index < -0.39 is 0 Å². The Kier molecular flexibility index (Phi) is 4.49. The number of nitrogens with two attached hydrogens (primary N) is 1. The van der Waals surface area contributed by atoms with E-state index in [2.05, 4.69) is 22.9 Å². The SMILES string of the molecule is CC(N)Cc1c(Cl)cccc1N1CCN(C)CC1. The Morgan fingerprint density at radius 3 is 2.56 bits per heavy atom. The van der Waals surface area contributed by atoms with E-state index in [0.29, 0.717) is 0 Å². The monoisotopic (exact) mass is 267 g/mol. The van der Waals surface area contributed by atoms with Gasteiger partial charge in [0, 0.05) is 42.9 Å². The van der Waals surface area contributed by atoms with Crippen LogP contribution in [-0.2, 0) is 6.42 Å². The summed E-state index contributed by atoms with van der Waals surface area (Å²) in [6.07, 6.45) is 0.835. The van der Waals surface area contributed by atoms with Gasteiger partial charge in [0.15, 0.2) is 0 Å².